The number of hydrogen-bond acceptors (Lipinski definition) is 2. The van der Waals surface area contributed by atoms with Crippen LogP contribution in [0, 0.1) is 5.92 Å². The lowest BCUT2D eigenvalue weighted by molar-refractivity contribution is -0.0610. The minimum Gasteiger partial charge on any atom is -0.313 e. The highest BCUT2D eigenvalue weighted by Crippen LogP contribution is 2.58. The summed E-state index contributed by atoms with van der Waals surface area (Å²) < 4.78 is 0. The fraction of sp³-hybridized carbons (Fsp3) is 0.550. The smallest absolute Gasteiger partial charge is 0.313 e. The molecule has 0 unspecified atom stereocenters. The van der Waals surface area contributed by atoms with Gasteiger partial charge in [0.15, 0.2) is 0 Å². The van der Waals surface area contributed by atoms with E-state index in [1.165, 1.54) is 24.8 Å². The van der Waals surface area contributed by atoms with Crippen molar-refractivity contribution in [3.05, 3.63) is 48.2 Å². The zero-order chi connectivity index (χ0) is 16.9. The van der Waals surface area contributed by atoms with Crippen molar-refractivity contribution >= 4 is 6.03 Å². The molecule has 1 spiro atoms. The highest BCUT2D eigenvalue weighted by atomic mass is 16.2. The molecule has 4 nitrogen and oxygen atoms in total. The van der Waals surface area contributed by atoms with E-state index in [1.807, 2.05) is 0 Å². The van der Waals surface area contributed by atoms with Crippen LogP contribution >= 0.6 is 0 Å². The van der Waals surface area contributed by atoms with Gasteiger partial charge in [0, 0.05) is 12.2 Å². The number of nitrogens with zero attached hydrogens (tertiary/aromatic N) is 2. The first-order chi connectivity index (χ1) is 11.5. The second-order valence-corrected chi connectivity index (χ2v) is 7.99. The number of amides is 2. The first kappa shape index (κ1) is 15.7. The molecule has 3 fully saturated rings. The van der Waals surface area contributed by atoms with E-state index in [-0.39, 0.29) is 17.1 Å². The molecule has 0 aromatic heterocycles. The molecule has 2 saturated carbocycles. The van der Waals surface area contributed by atoms with Crippen molar-refractivity contribution in [3.8, 4) is 0 Å². The molecule has 1 aromatic carbocycles. The normalized spacial score (nSPS) is 32.9. The molecule has 2 amide bonds. The molecule has 4 rings (SSSR count). The Morgan fingerprint density at radius 1 is 1.25 bits per heavy atom. The molecule has 1 aliphatic heterocycles. The molecule has 0 atom stereocenters. The standard InChI is InChI=1S/C20H27N3O/c1-15-19(23(18(24)21-15)12-16-8-7-9-16)13-20(14-19,22(2)3)17-10-5-4-6-11-17/h4-6,10-11,16H,1,7-9,12-14H2,2-3H3,(H,21,24)/t19-,20-. The van der Waals surface area contributed by atoms with Gasteiger partial charge in [-0.25, -0.2) is 4.79 Å². The minimum atomic E-state index is -0.215. The van der Waals surface area contributed by atoms with Gasteiger partial charge in [-0.2, -0.15) is 0 Å². The van der Waals surface area contributed by atoms with E-state index in [2.05, 4.69) is 66.1 Å². The molecular weight excluding hydrogens is 298 g/mol. The zero-order valence-corrected chi connectivity index (χ0v) is 14.7. The Morgan fingerprint density at radius 3 is 2.46 bits per heavy atom. The van der Waals surface area contributed by atoms with Gasteiger partial charge in [0.1, 0.15) is 0 Å². The van der Waals surface area contributed by atoms with Crippen LogP contribution in [0.1, 0.15) is 37.7 Å². The Labute approximate surface area is 144 Å². The van der Waals surface area contributed by atoms with Crippen LogP contribution in [0.4, 0.5) is 4.79 Å². The number of urea groups is 1. The Bertz CT molecular complexity index is 657. The highest BCUT2D eigenvalue weighted by Gasteiger charge is 2.64. The van der Waals surface area contributed by atoms with Gasteiger partial charge in [-0.15, -0.1) is 0 Å². The largest absolute Gasteiger partial charge is 0.322 e. The summed E-state index contributed by atoms with van der Waals surface area (Å²) in [5, 5.41) is 3.02. The third-order valence-corrected chi connectivity index (χ3v) is 6.58. The van der Waals surface area contributed by atoms with Crippen molar-refractivity contribution in [3.63, 3.8) is 0 Å². The molecule has 1 saturated heterocycles. The maximum absolute atomic E-state index is 12.5. The van der Waals surface area contributed by atoms with Gasteiger partial charge in [-0.05, 0) is 51.3 Å². The van der Waals surface area contributed by atoms with E-state index >= 15 is 0 Å². The van der Waals surface area contributed by atoms with Crippen molar-refractivity contribution in [1.29, 1.82) is 0 Å². The summed E-state index contributed by atoms with van der Waals surface area (Å²) in [7, 11) is 4.28. The van der Waals surface area contributed by atoms with E-state index in [0.29, 0.717) is 5.92 Å². The van der Waals surface area contributed by atoms with E-state index < -0.39 is 0 Å². The minimum absolute atomic E-state index is 0.0195. The number of carbonyl (C=O) groups is 1. The van der Waals surface area contributed by atoms with Crippen LogP contribution in [0.25, 0.3) is 0 Å². The number of nitrogens with one attached hydrogen (secondary N) is 1. The molecule has 3 aliphatic rings. The summed E-state index contributed by atoms with van der Waals surface area (Å²) in [4.78, 5) is 16.9. The maximum Gasteiger partial charge on any atom is 0.322 e. The van der Waals surface area contributed by atoms with Gasteiger partial charge in [0.2, 0.25) is 0 Å². The summed E-state index contributed by atoms with van der Waals surface area (Å²) in [5.41, 5.74) is 1.98. The zero-order valence-electron chi connectivity index (χ0n) is 14.7. The van der Waals surface area contributed by atoms with Crippen LogP contribution in [0.5, 0.6) is 0 Å². The second kappa shape index (κ2) is 5.35. The van der Waals surface area contributed by atoms with Crippen LogP contribution in [0.15, 0.2) is 42.6 Å². The van der Waals surface area contributed by atoms with Gasteiger partial charge in [0.05, 0.1) is 11.1 Å². The Hall–Kier alpha value is -1.81. The van der Waals surface area contributed by atoms with Gasteiger partial charge >= 0.3 is 6.03 Å². The third kappa shape index (κ3) is 2.05. The third-order valence-electron chi connectivity index (χ3n) is 6.58. The van der Waals surface area contributed by atoms with Crippen molar-refractivity contribution in [2.24, 2.45) is 5.92 Å². The monoisotopic (exact) mass is 325 g/mol. The predicted molar refractivity (Wildman–Crippen MR) is 95.5 cm³/mol. The van der Waals surface area contributed by atoms with Gasteiger partial charge in [0.25, 0.3) is 0 Å². The summed E-state index contributed by atoms with van der Waals surface area (Å²) in [6.45, 7) is 5.09. The summed E-state index contributed by atoms with van der Waals surface area (Å²) >= 11 is 0. The highest BCUT2D eigenvalue weighted by molar-refractivity contribution is 5.82. The number of carbonyl (C=O) groups excluding carboxylic acids is 1. The van der Waals surface area contributed by atoms with Gasteiger partial charge in [-0.3, -0.25) is 4.90 Å². The molecule has 24 heavy (non-hydrogen) atoms. The average molecular weight is 325 g/mol. The van der Waals surface area contributed by atoms with Crippen LogP contribution in [0.2, 0.25) is 0 Å². The molecule has 0 bridgehead atoms. The Morgan fingerprint density at radius 2 is 1.92 bits per heavy atom. The summed E-state index contributed by atoms with van der Waals surface area (Å²) in [5.74, 6) is 0.671. The average Bonchev–Trinajstić information content (AvgIpc) is 2.71. The van der Waals surface area contributed by atoms with Crippen LogP contribution in [-0.2, 0) is 5.54 Å². The number of benzene rings is 1. The Balaban J connectivity index is 1.64. The van der Waals surface area contributed by atoms with Crippen LogP contribution in [-0.4, -0.2) is 42.0 Å². The van der Waals surface area contributed by atoms with E-state index in [1.54, 1.807) is 0 Å². The maximum atomic E-state index is 12.5. The van der Waals surface area contributed by atoms with Gasteiger partial charge in [-0.1, -0.05) is 43.3 Å². The molecular formula is C20H27N3O. The van der Waals surface area contributed by atoms with Crippen LogP contribution in [0.3, 0.4) is 0 Å². The lowest BCUT2D eigenvalue weighted by atomic mass is 9.57. The Kier molecular flexibility index (Phi) is 3.50. The lowest BCUT2D eigenvalue weighted by Crippen LogP contribution is -2.67. The molecule has 1 aromatic rings. The van der Waals surface area contributed by atoms with Crippen molar-refractivity contribution < 1.29 is 4.79 Å². The number of hydrogen-bond donors (Lipinski definition) is 1. The summed E-state index contributed by atoms with van der Waals surface area (Å²) in [6.07, 6.45) is 5.65. The fourth-order valence-electron chi connectivity index (χ4n) is 4.71. The first-order valence-corrected chi connectivity index (χ1v) is 8.99. The van der Waals surface area contributed by atoms with Crippen molar-refractivity contribution in [1.82, 2.24) is 15.1 Å². The van der Waals surface area contributed by atoms with E-state index in [9.17, 15) is 4.79 Å². The number of rotatable bonds is 4. The quantitative estimate of drug-likeness (QED) is 0.922. The topological polar surface area (TPSA) is 35.6 Å². The molecule has 1 N–H and O–H groups in total. The van der Waals surface area contributed by atoms with Crippen molar-refractivity contribution in [2.75, 3.05) is 20.6 Å². The van der Waals surface area contributed by atoms with Crippen LogP contribution < -0.4 is 5.32 Å². The van der Waals surface area contributed by atoms with Crippen molar-refractivity contribution in [2.45, 2.75) is 43.2 Å². The van der Waals surface area contributed by atoms with E-state index in [4.69, 9.17) is 0 Å². The second-order valence-electron chi connectivity index (χ2n) is 7.99. The fourth-order valence-corrected chi connectivity index (χ4v) is 4.71. The molecule has 4 heteroatoms. The SMILES string of the molecule is C=C1NC(=O)N(CC2CCC2)[C@]12C[C@](c1ccccc1)(N(C)C)C2. The van der Waals surface area contributed by atoms with E-state index in [0.717, 1.165) is 25.1 Å². The summed E-state index contributed by atoms with van der Waals surface area (Å²) in [6, 6.07) is 10.7. The van der Waals surface area contributed by atoms with Gasteiger partial charge < -0.3 is 10.2 Å². The lowest BCUT2D eigenvalue weighted by Gasteiger charge is -2.61. The molecule has 1 heterocycles. The molecule has 2 aliphatic carbocycles. The molecule has 0 radical (unpaired) electrons. The molecule has 128 valence electrons. The predicted octanol–water partition coefficient (Wildman–Crippen LogP) is 3.32. The first-order valence-electron chi connectivity index (χ1n) is 8.99.